The molecule has 21 heavy (non-hydrogen) atoms. The maximum atomic E-state index is 5.81. The molecule has 0 aliphatic heterocycles. The molecule has 0 atom stereocenters. The molecule has 0 heterocycles. The van der Waals surface area contributed by atoms with Crippen LogP contribution in [-0.2, 0) is 0 Å². The van der Waals surface area contributed by atoms with Gasteiger partial charge in [-0.3, -0.25) is 0 Å². The van der Waals surface area contributed by atoms with Crippen LogP contribution in [0.3, 0.4) is 0 Å². The van der Waals surface area contributed by atoms with Crippen LogP contribution in [-0.4, -0.2) is 18.2 Å². The molecule has 0 saturated heterocycles. The Labute approximate surface area is 130 Å². The van der Waals surface area contributed by atoms with Crippen molar-refractivity contribution in [3.8, 4) is 11.5 Å². The van der Waals surface area contributed by atoms with Gasteiger partial charge in [0.05, 0.1) is 0 Å². The number of hydrogen-bond acceptors (Lipinski definition) is 3. The van der Waals surface area contributed by atoms with Gasteiger partial charge in [0, 0.05) is 5.56 Å². The zero-order valence-corrected chi connectivity index (χ0v) is 13.1. The predicted octanol–water partition coefficient (Wildman–Crippen LogP) is 3.40. The van der Waals surface area contributed by atoms with Gasteiger partial charge in [0.15, 0.2) is 0 Å². The third kappa shape index (κ3) is 4.20. The molecule has 0 bridgehead atoms. The monoisotopic (exact) mass is 301 g/mol. The summed E-state index contributed by atoms with van der Waals surface area (Å²) in [6, 6.07) is 13.6. The molecule has 2 N–H and O–H groups in total. The third-order valence-electron chi connectivity index (χ3n) is 3.09. The van der Waals surface area contributed by atoms with E-state index in [2.05, 4.69) is 0 Å². The van der Waals surface area contributed by atoms with Crippen LogP contribution in [0.25, 0.3) is 0 Å². The van der Waals surface area contributed by atoms with Crippen LogP contribution in [0.2, 0.25) is 0 Å². The second kappa shape index (κ2) is 7.09. The molecule has 0 aliphatic carbocycles. The van der Waals surface area contributed by atoms with E-state index in [1.165, 1.54) is 0 Å². The first kappa shape index (κ1) is 15.3. The summed E-state index contributed by atoms with van der Waals surface area (Å²) in [5.41, 5.74) is 8.58. The molecule has 2 aromatic rings. The highest BCUT2D eigenvalue weighted by atomic mass is 32.1. The first-order valence-electron chi connectivity index (χ1n) is 6.79. The van der Waals surface area contributed by atoms with E-state index in [-0.39, 0.29) is 0 Å². The van der Waals surface area contributed by atoms with Gasteiger partial charge >= 0.3 is 0 Å². The second-order valence-corrected chi connectivity index (χ2v) is 5.25. The third-order valence-corrected chi connectivity index (χ3v) is 3.32. The van der Waals surface area contributed by atoms with E-state index in [9.17, 15) is 0 Å². The second-order valence-electron chi connectivity index (χ2n) is 4.81. The molecule has 0 spiro atoms. The molecule has 0 unspecified atom stereocenters. The largest absolute Gasteiger partial charge is 0.490 e. The molecule has 0 amide bonds. The molecule has 0 radical (unpaired) electrons. The van der Waals surface area contributed by atoms with E-state index in [1.54, 1.807) is 0 Å². The Morgan fingerprint density at radius 1 is 1.00 bits per heavy atom. The van der Waals surface area contributed by atoms with Crippen LogP contribution in [0.1, 0.15) is 16.7 Å². The van der Waals surface area contributed by atoms with E-state index in [0.717, 1.165) is 28.2 Å². The van der Waals surface area contributed by atoms with Crippen molar-refractivity contribution in [3.63, 3.8) is 0 Å². The summed E-state index contributed by atoms with van der Waals surface area (Å²) in [5.74, 6) is 1.71. The van der Waals surface area contributed by atoms with Crippen molar-refractivity contribution in [3.05, 3.63) is 59.2 Å². The highest BCUT2D eigenvalue weighted by Gasteiger charge is 2.08. The summed E-state index contributed by atoms with van der Waals surface area (Å²) in [7, 11) is 0. The van der Waals surface area contributed by atoms with Crippen molar-refractivity contribution >= 4 is 17.2 Å². The van der Waals surface area contributed by atoms with Crippen molar-refractivity contribution in [2.75, 3.05) is 13.2 Å². The predicted molar refractivity (Wildman–Crippen MR) is 89.2 cm³/mol. The average molecular weight is 301 g/mol. The van der Waals surface area contributed by atoms with E-state index in [4.69, 9.17) is 27.4 Å². The summed E-state index contributed by atoms with van der Waals surface area (Å²) in [5, 5.41) is 0. The SMILES string of the molecule is Cc1cc(C(N)=S)cc(C)c1OCCOc1ccccc1. The standard InChI is InChI=1S/C17H19NO2S/c1-12-10-14(17(18)21)11-13(2)16(12)20-9-8-19-15-6-4-3-5-7-15/h3-7,10-11H,8-9H2,1-2H3,(H2,18,21). The minimum absolute atomic E-state index is 0.403. The van der Waals surface area contributed by atoms with Crippen LogP contribution in [0.15, 0.2) is 42.5 Å². The molecule has 2 rings (SSSR count). The number of ether oxygens (including phenoxy) is 2. The van der Waals surface area contributed by atoms with Crippen LogP contribution in [0.4, 0.5) is 0 Å². The highest BCUT2D eigenvalue weighted by Crippen LogP contribution is 2.24. The van der Waals surface area contributed by atoms with Crippen molar-refractivity contribution in [2.45, 2.75) is 13.8 Å². The summed E-state index contributed by atoms with van der Waals surface area (Å²) in [4.78, 5) is 0.403. The van der Waals surface area contributed by atoms with Gasteiger partial charge in [-0.15, -0.1) is 0 Å². The fourth-order valence-corrected chi connectivity index (χ4v) is 2.26. The Bertz CT molecular complexity index is 603. The molecule has 4 heteroatoms. The van der Waals surface area contributed by atoms with Crippen LogP contribution >= 0.6 is 12.2 Å². The Kier molecular flexibility index (Phi) is 5.17. The fourth-order valence-electron chi connectivity index (χ4n) is 2.14. The first-order chi connectivity index (χ1) is 10.1. The lowest BCUT2D eigenvalue weighted by atomic mass is 10.1. The lowest BCUT2D eigenvalue weighted by Crippen LogP contribution is -2.13. The Morgan fingerprint density at radius 2 is 1.57 bits per heavy atom. The molecular weight excluding hydrogens is 282 g/mol. The lowest BCUT2D eigenvalue weighted by molar-refractivity contribution is 0.215. The lowest BCUT2D eigenvalue weighted by Gasteiger charge is -2.14. The van der Waals surface area contributed by atoms with Crippen molar-refractivity contribution in [2.24, 2.45) is 5.73 Å². The van der Waals surface area contributed by atoms with Gasteiger partial charge in [0.1, 0.15) is 29.7 Å². The smallest absolute Gasteiger partial charge is 0.125 e. The number of rotatable bonds is 6. The Hall–Kier alpha value is -2.07. The number of para-hydroxylation sites is 1. The van der Waals surface area contributed by atoms with Gasteiger partial charge in [-0.25, -0.2) is 0 Å². The zero-order valence-electron chi connectivity index (χ0n) is 12.3. The number of nitrogens with two attached hydrogens (primary N) is 1. The van der Waals surface area contributed by atoms with E-state index < -0.39 is 0 Å². The van der Waals surface area contributed by atoms with E-state index in [0.29, 0.717) is 18.2 Å². The molecule has 3 nitrogen and oxygen atoms in total. The Morgan fingerprint density at radius 3 is 2.14 bits per heavy atom. The van der Waals surface area contributed by atoms with Crippen LogP contribution < -0.4 is 15.2 Å². The van der Waals surface area contributed by atoms with Gasteiger partial charge in [-0.1, -0.05) is 30.4 Å². The molecule has 110 valence electrons. The molecular formula is C17H19NO2S. The molecule has 0 aliphatic rings. The number of aryl methyl sites for hydroxylation is 2. The molecule has 0 fully saturated rings. The van der Waals surface area contributed by atoms with Crippen molar-refractivity contribution in [1.82, 2.24) is 0 Å². The number of benzene rings is 2. The van der Waals surface area contributed by atoms with Gasteiger partial charge in [-0.2, -0.15) is 0 Å². The van der Waals surface area contributed by atoms with Gasteiger partial charge in [0.25, 0.3) is 0 Å². The highest BCUT2D eigenvalue weighted by molar-refractivity contribution is 7.80. The Balaban J connectivity index is 1.93. The van der Waals surface area contributed by atoms with E-state index >= 15 is 0 Å². The molecule has 2 aromatic carbocycles. The van der Waals surface area contributed by atoms with Crippen LogP contribution in [0, 0.1) is 13.8 Å². The zero-order chi connectivity index (χ0) is 15.2. The minimum atomic E-state index is 0.403. The van der Waals surface area contributed by atoms with Crippen molar-refractivity contribution in [1.29, 1.82) is 0 Å². The van der Waals surface area contributed by atoms with Crippen LogP contribution in [0.5, 0.6) is 11.5 Å². The number of hydrogen-bond donors (Lipinski definition) is 1. The fraction of sp³-hybridized carbons (Fsp3) is 0.235. The summed E-state index contributed by atoms with van der Waals surface area (Å²) in [6.07, 6.45) is 0. The van der Waals surface area contributed by atoms with Gasteiger partial charge in [-0.05, 0) is 49.2 Å². The maximum Gasteiger partial charge on any atom is 0.125 e. The first-order valence-corrected chi connectivity index (χ1v) is 7.20. The summed E-state index contributed by atoms with van der Waals surface area (Å²) in [6.45, 7) is 4.97. The summed E-state index contributed by atoms with van der Waals surface area (Å²) >= 11 is 5.00. The molecule has 0 saturated carbocycles. The average Bonchev–Trinajstić information content (AvgIpc) is 2.46. The normalized spacial score (nSPS) is 10.2. The van der Waals surface area contributed by atoms with Gasteiger partial charge < -0.3 is 15.2 Å². The number of thiocarbonyl (C=S) groups is 1. The molecule has 0 aromatic heterocycles. The quantitative estimate of drug-likeness (QED) is 0.656. The summed E-state index contributed by atoms with van der Waals surface area (Å²) < 4.78 is 11.4. The van der Waals surface area contributed by atoms with Crippen molar-refractivity contribution < 1.29 is 9.47 Å². The maximum absolute atomic E-state index is 5.81. The van der Waals surface area contributed by atoms with Gasteiger partial charge in [0.2, 0.25) is 0 Å². The minimum Gasteiger partial charge on any atom is -0.490 e. The topological polar surface area (TPSA) is 44.5 Å². The van der Waals surface area contributed by atoms with E-state index in [1.807, 2.05) is 56.3 Å².